The van der Waals surface area contributed by atoms with Gasteiger partial charge in [-0.25, -0.2) is 9.07 Å². The van der Waals surface area contributed by atoms with E-state index >= 15 is 0 Å². The van der Waals surface area contributed by atoms with Crippen LogP contribution in [0, 0.1) is 5.82 Å². The third-order valence-corrected chi connectivity index (χ3v) is 3.26. The van der Waals surface area contributed by atoms with E-state index in [0.717, 1.165) is 29.8 Å². The zero-order valence-corrected chi connectivity index (χ0v) is 10.4. The van der Waals surface area contributed by atoms with Crippen LogP contribution < -0.4 is 10.9 Å². The molecule has 1 aromatic heterocycles. The van der Waals surface area contributed by atoms with Gasteiger partial charge in [0.2, 0.25) is 0 Å². The summed E-state index contributed by atoms with van der Waals surface area (Å²) in [6.45, 7) is 1.96. The van der Waals surface area contributed by atoms with Crippen molar-refractivity contribution in [2.45, 2.75) is 19.5 Å². The second kappa shape index (κ2) is 4.93. The molecule has 0 aliphatic carbocycles. The lowest BCUT2D eigenvalue weighted by molar-refractivity contribution is 0.561. The van der Waals surface area contributed by atoms with Crippen molar-refractivity contribution in [2.24, 2.45) is 0 Å². The normalized spacial score (nSPS) is 14.2. The minimum Gasteiger partial charge on any atom is -0.312 e. The Morgan fingerprint density at radius 1 is 1.32 bits per heavy atom. The van der Waals surface area contributed by atoms with Crippen LogP contribution >= 0.6 is 0 Å². The maximum atomic E-state index is 12.8. The Bertz CT molecular complexity index is 649. The molecule has 2 aromatic rings. The number of hydrogen-bond donors (Lipinski definition) is 1. The van der Waals surface area contributed by atoms with Gasteiger partial charge in [0.25, 0.3) is 5.56 Å². The Hall–Kier alpha value is -2.01. The second-order valence-corrected chi connectivity index (χ2v) is 4.67. The SMILES string of the molecule is O=c1cc2c(nn1Cc1ccc(F)cc1)CCNC2. The summed E-state index contributed by atoms with van der Waals surface area (Å²) in [5.74, 6) is -0.277. The predicted molar refractivity (Wildman–Crippen MR) is 69.4 cm³/mol. The van der Waals surface area contributed by atoms with Crippen molar-refractivity contribution in [3.05, 3.63) is 63.3 Å². The molecule has 1 aliphatic rings. The summed E-state index contributed by atoms with van der Waals surface area (Å²) in [7, 11) is 0. The van der Waals surface area contributed by atoms with E-state index in [9.17, 15) is 9.18 Å². The number of fused-ring (bicyclic) bond motifs is 1. The largest absolute Gasteiger partial charge is 0.312 e. The van der Waals surface area contributed by atoms with E-state index in [-0.39, 0.29) is 11.4 Å². The highest BCUT2D eigenvalue weighted by Gasteiger charge is 2.12. The Morgan fingerprint density at radius 3 is 2.89 bits per heavy atom. The van der Waals surface area contributed by atoms with Crippen molar-refractivity contribution >= 4 is 0 Å². The fourth-order valence-corrected chi connectivity index (χ4v) is 2.24. The van der Waals surface area contributed by atoms with Crippen LogP contribution in [0.25, 0.3) is 0 Å². The van der Waals surface area contributed by atoms with Crippen LogP contribution in [0.1, 0.15) is 16.8 Å². The lowest BCUT2D eigenvalue weighted by atomic mass is 10.1. The van der Waals surface area contributed by atoms with Crippen molar-refractivity contribution in [3.63, 3.8) is 0 Å². The van der Waals surface area contributed by atoms with Crippen molar-refractivity contribution in [1.29, 1.82) is 0 Å². The summed E-state index contributed by atoms with van der Waals surface area (Å²) in [4.78, 5) is 12.0. The molecule has 0 saturated heterocycles. The molecule has 98 valence electrons. The molecule has 0 spiro atoms. The maximum absolute atomic E-state index is 12.8. The molecule has 2 heterocycles. The highest BCUT2D eigenvalue weighted by molar-refractivity contribution is 5.21. The summed E-state index contributed by atoms with van der Waals surface area (Å²) >= 11 is 0. The van der Waals surface area contributed by atoms with Crippen LogP contribution in [0.5, 0.6) is 0 Å². The predicted octanol–water partition coefficient (Wildman–Crippen LogP) is 1.08. The molecular formula is C14H14FN3O. The summed E-state index contributed by atoms with van der Waals surface area (Å²) in [5.41, 5.74) is 2.70. The van der Waals surface area contributed by atoms with Gasteiger partial charge in [0.1, 0.15) is 5.82 Å². The van der Waals surface area contributed by atoms with E-state index in [1.54, 1.807) is 18.2 Å². The van der Waals surface area contributed by atoms with Gasteiger partial charge in [-0.15, -0.1) is 0 Å². The van der Waals surface area contributed by atoms with E-state index in [2.05, 4.69) is 10.4 Å². The zero-order chi connectivity index (χ0) is 13.2. The standard InChI is InChI=1S/C14H14FN3O/c15-12-3-1-10(2-4-12)9-18-14(19)7-11-8-16-6-5-13(11)17-18/h1-4,7,16H,5-6,8-9H2. The molecule has 0 saturated carbocycles. The van der Waals surface area contributed by atoms with Crippen LogP contribution in [0.4, 0.5) is 4.39 Å². The van der Waals surface area contributed by atoms with Crippen LogP contribution in [0.3, 0.4) is 0 Å². The molecule has 5 heteroatoms. The van der Waals surface area contributed by atoms with Crippen molar-refractivity contribution in [2.75, 3.05) is 6.54 Å². The fraction of sp³-hybridized carbons (Fsp3) is 0.286. The van der Waals surface area contributed by atoms with Gasteiger partial charge in [0.15, 0.2) is 0 Å². The Labute approximate surface area is 109 Å². The monoisotopic (exact) mass is 259 g/mol. The van der Waals surface area contributed by atoms with Gasteiger partial charge in [-0.2, -0.15) is 5.10 Å². The van der Waals surface area contributed by atoms with Gasteiger partial charge in [0.05, 0.1) is 12.2 Å². The van der Waals surface area contributed by atoms with Gasteiger partial charge >= 0.3 is 0 Å². The zero-order valence-electron chi connectivity index (χ0n) is 10.4. The number of nitrogens with one attached hydrogen (secondary N) is 1. The Balaban J connectivity index is 1.92. The molecule has 3 rings (SSSR count). The Morgan fingerprint density at radius 2 is 2.11 bits per heavy atom. The first-order valence-electron chi connectivity index (χ1n) is 6.27. The number of aromatic nitrogens is 2. The lowest BCUT2D eigenvalue weighted by Gasteiger charge is -2.17. The summed E-state index contributed by atoms with van der Waals surface area (Å²) in [5, 5.41) is 7.61. The molecule has 0 unspecified atom stereocenters. The number of rotatable bonds is 2. The van der Waals surface area contributed by atoms with E-state index in [1.165, 1.54) is 16.8 Å². The van der Waals surface area contributed by atoms with Gasteiger partial charge in [-0.3, -0.25) is 4.79 Å². The van der Waals surface area contributed by atoms with Gasteiger partial charge in [0, 0.05) is 25.6 Å². The minimum absolute atomic E-state index is 0.119. The van der Waals surface area contributed by atoms with Crippen LogP contribution in [-0.4, -0.2) is 16.3 Å². The molecule has 0 fully saturated rings. The van der Waals surface area contributed by atoms with E-state index in [1.807, 2.05) is 0 Å². The molecule has 1 aromatic carbocycles. The van der Waals surface area contributed by atoms with E-state index in [0.29, 0.717) is 13.1 Å². The highest BCUT2D eigenvalue weighted by atomic mass is 19.1. The third-order valence-electron chi connectivity index (χ3n) is 3.26. The first kappa shape index (κ1) is 12.0. The highest BCUT2D eigenvalue weighted by Crippen LogP contribution is 2.09. The minimum atomic E-state index is -0.277. The maximum Gasteiger partial charge on any atom is 0.267 e. The van der Waals surface area contributed by atoms with Crippen LogP contribution in [-0.2, 0) is 19.5 Å². The summed E-state index contributed by atoms with van der Waals surface area (Å²) in [6, 6.07) is 7.76. The molecule has 1 N–H and O–H groups in total. The molecule has 0 radical (unpaired) electrons. The average Bonchev–Trinajstić information content (AvgIpc) is 2.42. The average molecular weight is 259 g/mol. The topological polar surface area (TPSA) is 46.9 Å². The van der Waals surface area contributed by atoms with Gasteiger partial charge < -0.3 is 5.32 Å². The summed E-state index contributed by atoms with van der Waals surface area (Å²) in [6.07, 6.45) is 0.832. The number of nitrogens with zero attached hydrogens (tertiary/aromatic N) is 2. The van der Waals surface area contributed by atoms with Crippen LogP contribution in [0.2, 0.25) is 0 Å². The summed E-state index contributed by atoms with van der Waals surface area (Å²) < 4.78 is 14.3. The first-order valence-corrected chi connectivity index (χ1v) is 6.27. The van der Waals surface area contributed by atoms with Crippen molar-refractivity contribution < 1.29 is 4.39 Å². The van der Waals surface area contributed by atoms with Gasteiger partial charge in [-0.1, -0.05) is 12.1 Å². The molecule has 0 atom stereocenters. The molecule has 0 bridgehead atoms. The second-order valence-electron chi connectivity index (χ2n) is 4.67. The smallest absolute Gasteiger partial charge is 0.267 e. The molecule has 19 heavy (non-hydrogen) atoms. The molecule has 4 nitrogen and oxygen atoms in total. The van der Waals surface area contributed by atoms with Gasteiger partial charge in [-0.05, 0) is 23.3 Å². The quantitative estimate of drug-likeness (QED) is 0.877. The van der Waals surface area contributed by atoms with E-state index < -0.39 is 0 Å². The number of halogens is 1. The molecular weight excluding hydrogens is 245 g/mol. The van der Waals surface area contributed by atoms with E-state index in [4.69, 9.17) is 0 Å². The van der Waals surface area contributed by atoms with Crippen molar-refractivity contribution in [3.8, 4) is 0 Å². The first-order chi connectivity index (χ1) is 9.22. The molecule has 0 amide bonds. The lowest BCUT2D eigenvalue weighted by Crippen LogP contribution is -2.31. The third kappa shape index (κ3) is 2.56. The van der Waals surface area contributed by atoms with Crippen molar-refractivity contribution in [1.82, 2.24) is 15.1 Å². The number of hydrogen-bond acceptors (Lipinski definition) is 3. The van der Waals surface area contributed by atoms with Crippen LogP contribution in [0.15, 0.2) is 35.1 Å². The Kier molecular flexibility index (Phi) is 3.13. The fourth-order valence-electron chi connectivity index (χ4n) is 2.24. The number of benzene rings is 1. The molecule has 1 aliphatic heterocycles.